The zero-order valence-electron chi connectivity index (χ0n) is 17.2. The summed E-state index contributed by atoms with van der Waals surface area (Å²) in [6, 6.07) is 7.35. The highest BCUT2D eigenvalue weighted by molar-refractivity contribution is 5.94. The summed E-state index contributed by atoms with van der Waals surface area (Å²) in [5.41, 5.74) is 0.361. The molecule has 1 N–H and O–H groups in total. The lowest BCUT2D eigenvalue weighted by Crippen LogP contribution is -2.66. The highest BCUT2D eigenvalue weighted by atomic mass is 16.7. The highest BCUT2D eigenvalue weighted by Crippen LogP contribution is 2.27. The van der Waals surface area contributed by atoms with Gasteiger partial charge >= 0.3 is 17.9 Å². The third-order valence-corrected chi connectivity index (χ3v) is 4.27. The standard InChI is InChI=1S/C20H25NO9/c1-11(22)27-10-15-17(28-12(2)23)18(29-13(3)24)16(20(26-4)30-15)21-19(25)14-8-6-5-7-9-14/h5-9,15-18,20H,10H2,1-4H3,(H,21,25)/t15-,16+,17-,18-,20+/m1/s1. The average molecular weight is 423 g/mol. The van der Waals surface area contributed by atoms with Crippen LogP contribution in [0.2, 0.25) is 0 Å². The molecule has 2 rings (SSSR count). The number of methoxy groups -OCH3 is 1. The summed E-state index contributed by atoms with van der Waals surface area (Å²) in [6.07, 6.45) is -4.37. The molecule has 0 aliphatic carbocycles. The van der Waals surface area contributed by atoms with Crippen LogP contribution >= 0.6 is 0 Å². The van der Waals surface area contributed by atoms with Crippen LogP contribution < -0.4 is 5.32 Å². The second-order valence-corrected chi connectivity index (χ2v) is 6.59. The Labute approximate surface area is 173 Å². The lowest BCUT2D eigenvalue weighted by Gasteiger charge is -2.44. The van der Waals surface area contributed by atoms with E-state index < -0.39 is 54.5 Å². The summed E-state index contributed by atoms with van der Waals surface area (Å²) in [4.78, 5) is 47.4. The fraction of sp³-hybridized carbons (Fsp3) is 0.500. The van der Waals surface area contributed by atoms with E-state index in [4.69, 9.17) is 23.7 Å². The van der Waals surface area contributed by atoms with Gasteiger partial charge in [0.15, 0.2) is 18.5 Å². The molecule has 10 heteroatoms. The molecule has 0 unspecified atom stereocenters. The molecule has 1 fully saturated rings. The van der Waals surface area contributed by atoms with Crippen molar-refractivity contribution in [3.05, 3.63) is 35.9 Å². The van der Waals surface area contributed by atoms with Gasteiger partial charge in [-0.25, -0.2) is 0 Å². The summed E-state index contributed by atoms with van der Waals surface area (Å²) in [6.45, 7) is 3.29. The number of ether oxygens (including phenoxy) is 5. The molecule has 10 nitrogen and oxygen atoms in total. The highest BCUT2D eigenvalue weighted by Gasteiger charge is 2.51. The molecular formula is C20H25NO9. The molecule has 5 atom stereocenters. The van der Waals surface area contributed by atoms with Gasteiger partial charge in [0, 0.05) is 33.4 Å². The summed E-state index contributed by atoms with van der Waals surface area (Å²) in [5, 5.41) is 2.72. The Morgan fingerprint density at radius 2 is 1.53 bits per heavy atom. The Bertz CT molecular complexity index is 767. The first-order valence-corrected chi connectivity index (χ1v) is 9.25. The molecular weight excluding hydrogens is 398 g/mol. The molecule has 0 spiro atoms. The SMILES string of the molecule is CO[C@H]1O[C@H](COC(C)=O)[C@@H](OC(C)=O)[C@H](OC(C)=O)[C@@H]1NC(=O)c1ccccc1. The van der Waals surface area contributed by atoms with Crippen molar-refractivity contribution in [2.45, 2.75) is 51.4 Å². The Morgan fingerprint density at radius 3 is 2.07 bits per heavy atom. The third kappa shape index (κ3) is 6.26. The van der Waals surface area contributed by atoms with Crippen LogP contribution in [0.25, 0.3) is 0 Å². The quantitative estimate of drug-likeness (QED) is 0.495. The number of hydrogen-bond acceptors (Lipinski definition) is 9. The zero-order chi connectivity index (χ0) is 22.3. The van der Waals surface area contributed by atoms with Gasteiger partial charge in [0.05, 0.1) is 0 Å². The van der Waals surface area contributed by atoms with Gasteiger partial charge < -0.3 is 29.0 Å². The maximum absolute atomic E-state index is 12.7. The predicted molar refractivity (Wildman–Crippen MR) is 101 cm³/mol. The second kappa shape index (κ2) is 10.7. The monoisotopic (exact) mass is 423 g/mol. The topological polar surface area (TPSA) is 126 Å². The van der Waals surface area contributed by atoms with Gasteiger partial charge in [-0.3, -0.25) is 19.2 Å². The summed E-state index contributed by atoms with van der Waals surface area (Å²) < 4.78 is 26.8. The first kappa shape index (κ1) is 23.3. The number of amides is 1. The first-order chi connectivity index (χ1) is 14.2. The lowest BCUT2D eigenvalue weighted by atomic mass is 9.95. The number of rotatable bonds is 7. The fourth-order valence-corrected chi connectivity index (χ4v) is 3.08. The van der Waals surface area contributed by atoms with Crippen LogP contribution in [-0.2, 0) is 38.1 Å². The van der Waals surface area contributed by atoms with Gasteiger partial charge in [-0.15, -0.1) is 0 Å². The van der Waals surface area contributed by atoms with Gasteiger partial charge in [-0.05, 0) is 12.1 Å². The van der Waals surface area contributed by atoms with Crippen molar-refractivity contribution < 1.29 is 42.9 Å². The van der Waals surface area contributed by atoms with E-state index in [1.807, 2.05) is 0 Å². The van der Waals surface area contributed by atoms with Crippen LogP contribution in [0.3, 0.4) is 0 Å². The van der Waals surface area contributed by atoms with E-state index in [1.165, 1.54) is 27.9 Å². The molecule has 1 aliphatic heterocycles. The predicted octanol–water partition coefficient (Wildman–Crippen LogP) is 0.583. The molecule has 1 amide bonds. The van der Waals surface area contributed by atoms with Crippen molar-refractivity contribution in [3.63, 3.8) is 0 Å². The minimum atomic E-state index is -1.15. The van der Waals surface area contributed by atoms with Crippen LogP contribution in [0.15, 0.2) is 30.3 Å². The molecule has 30 heavy (non-hydrogen) atoms. The van der Waals surface area contributed by atoms with E-state index in [1.54, 1.807) is 30.3 Å². The molecule has 1 heterocycles. The minimum absolute atomic E-state index is 0.274. The lowest BCUT2D eigenvalue weighted by molar-refractivity contribution is -0.270. The number of carbonyl (C=O) groups is 4. The Morgan fingerprint density at radius 1 is 0.933 bits per heavy atom. The Balaban J connectivity index is 2.36. The van der Waals surface area contributed by atoms with E-state index in [0.717, 1.165) is 0 Å². The maximum Gasteiger partial charge on any atom is 0.303 e. The molecule has 1 saturated heterocycles. The van der Waals surface area contributed by atoms with E-state index in [2.05, 4.69) is 5.32 Å². The number of esters is 3. The maximum atomic E-state index is 12.7. The van der Waals surface area contributed by atoms with Crippen LogP contribution in [0, 0.1) is 0 Å². The van der Waals surface area contributed by atoms with Crippen LogP contribution in [0.4, 0.5) is 0 Å². The van der Waals surface area contributed by atoms with E-state index in [9.17, 15) is 19.2 Å². The van der Waals surface area contributed by atoms with Crippen LogP contribution in [0.5, 0.6) is 0 Å². The van der Waals surface area contributed by atoms with Gasteiger partial charge in [0.2, 0.25) is 0 Å². The Hall–Kier alpha value is -2.98. The number of hydrogen-bond donors (Lipinski definition) is 1. The average Bonchev–Trinajstić information content (AvgIpc) is 2.69. The van der Waals surface area contributed by atoms with Crippen molar-refractivity contribution in [1.29, 1.82) is 0 Å². The number of carbonyl (C=O) groups excluding carboxylic acids is 4. The van der Waals surface area contributed by atoms with Gasteiger partial charge in [-0.1, -0.05) is 18.2 Å². The Kier molecular flexibility index (Phi) is 8.31. The van der Waals surface area contributed by atoms with E-state index >= 15 is 0 Å². The van der Waals surface area contributed by atoms with Crippen molar-refractivity contribution in [2.75, 3.05) is 13.7 Å². The molecule has 164 valence electrons. The van der Waals surface area contributed by atoms with Gasteiger partial charge in [0.1, 0.15) is 18.8 Å². The van der Waals surface area contributed by atoms with Gasteiger partial charge in [-0.2, -0.15) is 0 Å². The smallest absolute Gasteiger partial charge is 0.303 e. The van der Waals surface area contributed by atoms with Gasteiger partial charge in [0.25, 0.3) is 5.91 Å². The molecule has 1 aromatic rings. The van der Waals surface area contributed by atoms with Crippen molar-refractivity contribution in [3.8, 4) is 0 Å². The fourth-order valence-electron chi connectivity index (χ4n) is 3.08. The molecule has 0 bridgehead atoms. The molecule has 1 aromatic carbocycles. The van der Waals surface area contributed by atoms with E-state index in [0.29, 0.717) is 5.56 Å². The van der Waals surface area contributed by atoms with Crippen molar-refractivity contribution in [1.82, 2.24) is 5.32 Å². The molecule has 0 aromatic heterocycles. The summed E-state index contributed by atoms with van der Waals surface area (Å²) >= 11 is 0. The van der Waals surface area contributed by atoms with Crippen LogP contribution in [-0.4, -0.2) is 68.2 Å². The molecule has 1 aliphatic rings. The number of benzene rings is 1. The normalized spacial score (nSPS) is 25.7. The molecule has 0 saturated carbocycles. The zero-order valence-corrected chi connectivity index (χ0v) is 17.2. The largest absolute Gasteiger partial charge is 0.463 e. The third-order valence-electron chi connectivity index (χ3n) is 4.27. The minimum Gasteiger partial charge on any atom is -0.463 e. The van der Waals surface area contributed by atoms with Crippen molar-refractivity contribution >= 4 is 23.8 Å². The van der Waals surface area contributed by atoms with Crippen molar-refractivity contribution in [2.24, 2.45) is 0 Å². The summed E-state index contributed by atoms with van der Waals surface area (Å²) in [5.74, 6) is -2.38. The number of nitrogens with one attached hydrogen (secondary N) is 1. The first-order valence-electron chi connectivity index (χ1n) is 9.25. The van der Waals surface area contributed by atoms with E-state index in [-0.39, 0.29) is 6.61 Å². The van der Waals surface area contributed by atoms with Crippen LogP contribution in [0.1, 0.15) is 31.1 Å². The summed E-state index contributed by atoms with van der Waals surface area (Å²) in [7, 11) is 1.34. The second-order valence-electron chi connectivity index (χ2n) is 6.59. The molecule has 0 radical (unpaired) electrons.